The van der Waals surface area contributed by atoms with E-state index >= 15 is 0 Å². The zero-order valence-electron chi connectivity index (χ0n) is 13.2. The highest BCUT2D eigenvalue weighted by Gasteiger charge is 2.15. The molecule has 0 aromatic heterocycles. The fourth-order valence-corrected chi connectivity index (χ4v) is 3.20. The first-order valence-corrected chi connectivity index (χ1v) is 8.37. The molecule has 2 saturated heterocycles. The lowest BCUT2D eigenvalue weighted by molar-refractivity contribution is 0.0374. The predicted octanol–water partition coefficient (Wildman–Crippen LogP) is 1.50. The minimum Gasteiger partial charge on any atom is -0.379 e. The third-order valence-electron chi connectivity index (χ3n) is 4.51. The van der Waals surface area contributed by atoms with Crippen LogP contribution in [0.1, 0.15) is 12.0 Å². The standard InChI is InChI=1S/C17H26FN3O/c18-16-14-15(2-1-7-20-10-12-22-13-11-20)3-4-17(16)21-8-5-19-6-9-21/h3-4,14,19H,1-2,5-13H2. The molecular weight excluding hydrogens is 281 g/mol. The van der Waals surface area contributed by atoms with E-state index in [2.05, 4.69) is 21.2 Å². The third-order valence-corrected chi connectivity index (χ3v) is 4.51. The van der Waals surface area contributed by atoms with Crippen LogP contribution in [0.25, 0.3) is 0 Å². The molecule has 3 rings (SSSR count). The second-order valence-corrected chi connectivity index (χ2v) is 6.08. The molecule has 1 N–H and O–H groups in total. The predicted molar refractivity (Wildman–Crippen MR) is 87.1 cm³/mol. The molecule has 2 heterocycles. The Kier molecular flexibility index (Phi) is 5.64. The monoisotopic (exact) mass is 307 g/mol. The maximum absolute atomic E-state index is 14.3. The number of hydrogen-bond donors (Lipinski definition) is 1. The summed E-state index contributed by atoms with van der Waals surface area (Å²) in [6.45, 7) is 8.43. The van der Waals surface area contributed by atoms with E-state index in [4.69, 9.17) is 4.74 Å². The minimum absolute atomic E-state index is 0.0780. The Morgan fingerprint density at radius 3 is 2.59 bits per heavy atom. The highest BCUT2D eigenvalue weighted by Crippen LogP contribution is 2.21. The number of ether oxygens (including phenoxy) is 1. The van der Waals surface area contributed by atoms with E-state index in [1.807, 2.05) is 6.07 Å². The van der Waals surface area contributed by atoms with Crippen LogP contribution in [0.15, 0.2) is 18.2 Å². The molecule has 5 heteroatoms. The summed E-state index contributed by atoms with van der Waals surface area (Å²) in [6.07, 6.45) is 2.02. The molecule has 0 aliphatic carbocycles. The fourth-order valence-electron chi connectivity index (χ4n) is 3.20. The van der Waals surface area contributed by atoms with E-state index in [0.717, 1.165) is 83.1 Å². The highest BCUT2D eigenvalue weighted by molar-refractivity contribution is 5.49. The SMILES string of the molecule is Fc1cc(CCCN2CCOCC2)ccc1N1CCNCC1. The molecule has 4 nitrogen and oxygen atoms in total. The van der Waals surface area contributed by atoms with Gasteiger partial charge in [0.1, 0.15) is 5.82 Å². The van der Waals surface area contributed by atoms with Crippen LogP contribution < -0.4 is 10.2 Å². The number of nitrogens with one attached hydrogen (secondary N) is 1. The summed E-state index contributed by atoms with van der Waals surface area (Å²) in [5.41, 5.74) is 1.85. The van der Waals surface area contributed by atoms with Crippen LogP contribution in [0.2, 0.25) is 0 Å². The molecule has 0 radical (unpaired) electrons. The van der Waals surface area contributed by atoms with Crippen LogP contribution in [0, 0.1) is 5.82 Å². The average Bonchev–Trinajstić information content (AvgIpc) is 2.57. The first kappa shape index (κ1) is 15.7. The average molecular weight is 307 g/mol. The summed E-state index contributed by atoms with van der Waals surface area (Å²) in [5.74, 6) is -0.0780. The number of anilines is 1. The van der Waals surface area contributed by atoms with Crippen molar-refractivity contribution in [3.63, 3.8) is 0 Å². The highest BCUT2D eigenvalue weighted by atomic mass is 19.1. The smallest absolute Gasteiger partial charge is 0.146 e. The quantitative estimate of drug-likeness (QED) is 0.892. The van der Waals surface area contributed by atoms with E-state index in [0.29, 0.717) is 0 Å². The van der Waals surface area contributed by atoms with Gasteiger partial charge in [0.05, 0.1) is 18.9 Å². The van der Waals surface area contributed by atoms with Gasteiger partial charge in [-0.3, -0.25) is 4.90 Å². The van der Waals surface area contributed by atoms with Crippen LogP contribution in [-0.4, -0.2) is 63.9 Å². The van der Waals surface area contributed by atoms with Gasteiger partial charge in [0.15, 0.2) is 0 Å². The number of halogens is 1. The molecular formula is C17H26FN3O. The molecule has 0 unspecified atom stereocenters. The van der Waals surface area contributed by atoms with E-state index in [1.54, 1.807) is 6.07 Å². The Morgan fingerprint density at radius 2 is 1.86 bits per heavy atom. The molecule has 0 atom stereocenters. The van der Waals surface area contributed by atoms with Gasteiger partial charge in [0.2, 0.25) is 0 Å². The fraction of sp³-hybridized carbons (Fsp3) is 0.647. The molecule has 2 aliphatic heterocycles. The third kappa shape index (κ3) is 4.18. The Balaban J connectivity index is 1.50. The van der Waals surface area contributed by atoms with Gasteiger partial charge >= 0.3 is 0 Å². The lowest BCUT2D eigenvalue weighted by Crippen LogP contribution is -2.43. The molecule has 0 bridgehead atoms. The second-order valence-electron chi connectivity index (χ2n) is 6.08. The van der Waals surface area contributed by atoms with Gasteiger partial charge in [-0.05, 0) is 37.1 Å². The van der Waals surface area contributed by atoms with Gasteiger partial charge in [0, 0.05) is 39.3 Å². The number of aryl methyl sites for hydroxylation is 1. The molecule has 1 aromatic carbocycles. The molecule has 22 heavy (non-hydrogen) atoms. The van der Waals surface area contributed by atoms with Gasteiger partial charge in [0.25, 0.3) is 0 Å². The van der Waals surface area contributed by atoms with Crippen molar-refractivity contribution in [1.29, 1.82) is 0 Å². The molecule has 2 fully saturated rings. The summed E-state index contributed by atoms with van der Waals surface area (Å²) < 4.78 is 19.7. The van der Waals surface area contributed by atoms with Crippen LogP contribution in [0.4, 0.5) is 10.1 Å². The first-order valence-electron chi connectivity index (χ1n) is 8.37. The van der Waals surface area contributed by atoms with Gasteiger partial charge in [-0.2, -0.15) is 0 Å². The van der Waals surface area contributed by atoms with E-state index < -0.39 is 0 Å². The second kappa shape index (κ2) is 7.90. The molecule has 1 aromatic rings. The molecule has 0 amide bonds. The topological polar surface area (TPSA) is 27.7 Å². The number of benzene rings is 1. The van der Waals surface area contributed by atoms with Crippen molar-refractivity contribution in [1.82, 2.24) is 10.2 Å². The van der Waals surface area contributed by atoms with Gasteiger partial charge < -0.3 is 15.0 Å². The molecule has 0 spiro atoms. The summed E-state index contributed by atoms with van der Waals surface area (Å²) in [6, 6.07) is 5.75. The molecule has 2 aliphatic rings. The lowest BCUT2D eigenvalue weighted by Gasteiger charge is -2.30. The van der Waals surface area contributed by atoms with Crippen molar-refractivity contribution in [2.24, 2.45) is 0 Å². The maximum Gasteiger partial charge on any atom is 0.146 e. The van der Waals surface area contributed by atoms with Crippen molar-refractivity contribution in [3.05, 3.63) is 29.6 Å². The van der Waals surface area contributed by atoms with E-state index in [9.17, 15) is 4.39 Å². The van der Waals surface area contributed by atoms with Crippen LogP contribution >= 0.6 is 0 Å². The van der Waals surface area contributed by atoms with Crippen molar-refractivity contribution >= 4 is 5.69 Å². The maximum atomic E-state index is 14.3. The lowest BCUT2D eigenvalue weighted by atomic mass is 10.1. The Bertz CT molecular complexity index is 471. The summed E-state index contributed by atoms with van der Waals surface area (Å²) >= 11 is 0. The van der Waals surface area contributed by atoms with Crippen LogP contribution in [0.5, 0.6) is 0 Å². The molecule has 122 valence electrons. The van der Waals surface area contributed by atoms with Gasteiger partial charge in [-0.15, -0.1) is 0 Å². The largest absolute Gasteiger partial charge is 0.379 e. The van der Waals surface area contributed by atoms with E-state index in [1.165, 1.54) is 0 Å². The zero-order valence-corrected chi connectivity index (χ0v) is 13.2. The normalized spacial score (nSPS) is 20.3. The van der Waals surface area contributed by atoms with Crippen molar-refractivity contribution in [2.75, 3.05) is 63.9 Å². The van der Waals surface area contributed by atoms with Crippen molar-refractivity contribution in [2.45, 2.75) is 12.8 Å². The summed E-state index contributed by atoms with van der Waals surface area (Å²) in [4.78, 5) is 4.55. The van der Waals surface area contributed by atoms with Crippen molar-refractivity contribution in [3.8, 4) is 0 Å². The Labute approximate surface area is 132 Å². The van der Waals surface area contributed by atoms with Crippen molar-refractivity contribution < 1.29 is 9.13 Å². The number of hydrogen-bond acceptors (Lipinski definition) is 4. The number of piperazine rings is 1. The minimum atomic E-state index is -0.0780. The Morgan fingerprint density at radius 1 is 1.09 bits per heavy atom. The summed E-state index contributed by atoms with van der Waals surface area (Å²) in [5, 5.41) is 3.30. The van der Waals surface area contributed by atoms with Crippen LogP contribution in [0.3, 0.4) is 0 Å². The zero-order chi connectivity index (χ0) is 15.2. The van der Waals surface area contributed by atoms with Crippen LogP contribution in [-0.2, 0) is 11.2 Å². The van der Waals surface area contributed by atoms with Gasteiger partial charge in [-0.1, -0.05) is 6.07 Å². The van der Waals surface area contributed by atoms with E-state index in [-0.39, 0.29) is 5.82 Å². The molecule has 0 saturated carbocycles. The summed E-state index contributed by atoms with van der Waals surface area (Å²) in [7, 11) is 0. The number of morpholine rings is 1. The number of rotatable bonds is 5. The number of nitrogens with zero attached hydrogens (tertiary/aromatic N) is 2. The first-order chi connectivity index (χ1) is 10.8. The Hall–Kier alpha value is -1.17. The van der Waals surface area contributed by atoms with Gasteiger partial charge in [-0.25, -0.2) is 4.39 Å².